The normalized spacial score (nSPS) is 11.2. The van der Waals surface area contributed by atoms with Crippen molar-refractivity contribution < 1.29 is 8.78 Å². The van der Waals surface area contributed by atoms with Gasteiger partial charge in [-0.2, -0.15) is 0 Å². The first-order valence-corrected chi connectivity index (χ1v) is 10.6. The van der Waals surface area contributed by atoms with E-state index in [1.807, 2.05) is 59.4 Å². The fourth-order valence-corrected chi connectivity index (χ4v) is 3.83. The number of aromatic nitrogens is 3. The van der Waals surface area contributed by atoms with Crippen LogP contribution >= 0.6 is 23.2 Å². The van der Waals surface area contributed by atoms with Crippen LogP contribution in [0.4, 0.5) is 8.78 Å². The number of fused-ring (bicyclic) bond motifs is 1. The van der Waals surface area contributed by atoms with Gasteiger partial charge in [0.15, 0.2) is 17.5 Å². The van der Waals surface area contributed by atoms with Crippen molar-refractivity contribution in [1.82, 2.24) is 14.5 Å². The molecule has 0 aromatic heterocycles. The molecule has 0 amide bonds. The second-order valence-corrected chi connectivity index (χ2v) is 8.18. The zero-order chi connectivity index (χ0) is 22.2. The Kier molecular flexibility index (Phi) is 5.37. The molecule has 2 heterocycles. The van der Waals surface area contributed by atoms with E-state index in [1.165, 1.54) is 12.1 Å². The monoisotopic (exact) mass is 465 g/mol. The maximum Gasteiger partial charge on any atom is 0.169 e. The Balaban J connectivity index is 1.39. The molecule has 3 aromatic carbocycles. The van der Waals surface area contributed by atoms with Crippen molar-refractivity contribution in [2.75, 3.05) is 0 Å². The molecule has 3 nitrogen and oxygen atoms in total. The summed E-state index contributed by atoms with van der Waals surface area (Å²) in [4.78, 5) is 8.73. The molecule has 2 aliphatic rings. The fourth-order valence-electron chi connectivity index (χ4n) is 3.54. The molecule has 0 radical (unpaired) electrons. The minimum absolute atomic E-state index is 0.0469. The van der Waals surface area contributed by atoms with Crippen LogP contribution in [0, 0.1) is 11.6 Å². The highest BCUT2D eigenvalue weighted by atomic mass is 35.5. The molecule has 0 fully saturated rings. The Morgan fingerprint density at radius 3 is 2.31 bits per heavy atom. The molecule has 0 N–H and O–H groups in total. The third kappa shape index (κ3) is 3.97. The van der Waals surface area contributed by atoms with Gasteiger partial charge in [-0.05, 0) is 47.0 Å². The summed E-state index contributed by atoms with van der Waals surface area (Å²) in [5.74, 6) is -1.70. The van der Waals surface area contributed by atoms with Gasteiger partial charge in [0.1, 0.15) is 5.69 Å². The summed E-state index contributed by atoms with van der Waals surface area (Å²) >= 11 is 12.1. The topological polar surface area (TPSA) is 30.7 Å². The highest BCUT2D eigenvalue weighted by Crippen LogP contribution is 2.30. The van der Waals surface area contributed by atoms with Crippen LogP contribution in [0.25, 0.3) is 33.9 Å². The standard InChI is InChI=1S/C25H15Cl2F2N3/c26-19-9-8-17(12-20(19)27)16-6-4-15(5-7-16)13-32-11-10-22-23(14-32)31-25(30-22)18-2-1-3-21(28)24(18)29/h1-12,14H,13H2. The van der Waals surface area contributed by atoms with Crippen molar-refractivity contribution in [3.63, 3.8) is 0 Å². The van der Waals surface area contributed by atoms with E-state index < -0.39 is 11.6 Å². The maximum absolute atomic E-state index is 14.1. The molecule has 158 valence electrons. The number of pyridine rings is 1. The molecule has 0 spiro atoms. The van der Waals surface area contributed by atoms with E-state index in [4.69, 9.17) is 23.2 Å². The molecule has 0 aliphatic carbocycles. The third-order valence-electron chi connectivity index (χ3n) is 5.19. The summed E-state index contributed by atoms with van der Waals surface area (Å²) in [6.07, 6.45) is 3.73. The molecule has 3 aromatic rings. The van der Waals surface area contributed by atoms with E-state index in [9.17, 15) is 8.78 Å². The molecule has 0 atom stereocenters. The van der Waals surface area contributed by atoms with Crippen LogP contribution in [-0.2, 0) is 6.54 Å². The summed E-state index contributed by atoms with van der Waals surface area (Å²) < 4.78 is 29.6. The maximum atomic E-state index is 14.1. The van der Waals surface area contributed by atoms with Gasteiger partial charge in [0.05, 0.1) is 21.3 Å². The third-order valence-corrected chi connectivity index (χ3v) is 5.93. The van der Waals surface area contributed by atoms with Gasteiger partial charge in [-0.1, -0.05) is 59.6 Å². The largest absolute Gasteiger partial charge is 0.348 e. The molecule has 0 saturated heterocycles. The van der Waals surface area contributed by atoms with Crippen LogP contribution in [0.5, 0.6) is 0 Å². The summed E-state index contributed by atoms with van der Waals surface area (Å²) in [5, 5.41) is 1.04. The summed E-state index contributed by atoms with van der Waals surface area (Å²) in [6.45, 7) is 0.619. The number of hydrogen-bond acceptors (Lipinski definition) is 2. The van der Waals surface area contributed by atoms with Crippen molar-refractivity contribution in [3.05, 3.63) is 106 Å². The molecular formula is C25H15Cl2F2N3. The summed E-state index contributed by atoms with van der Waals surface area (Å²) in [7, 11) is 0. The molecule has 32 heavy (non-hydrogen) atoms. The first kappa shape index (κ1) is 20.6. The predicted octanol–water partition coefficient (Wildman–Crippen LogP) is 7.35. The van der Waals surface area contributed by atoms with Crippen LogP contribution in [-0.4, -0.2) is 14.5 Å². The Morgan fingerprint density at radius 1 is 0.781 bits per heavy atom. The first-order chi connectivity index (χ1) is 15.5. The minimum atomic E-state index is -0.947. The van der Waals surface area contributed by atoms with Crippen molar-refractivity contribution in [3.8, 4) is 33.9 Å². The second-order valence-electron chi connectivity index (χ2n) is 7.36. The zero-order valence-electron chi connectivity index (χ0n) is 16.6. The Bertz CT molecular complexity index is 1400. The molecule has 7 heteroatoms. The van der Waals surface area contributed by atoms with Gasteiger partial charge in [-0.15, -0.1) is 0 Å². The number of rotatable bonds is 4. The molecule has 2 aliphatic heterocycles. The van der Waals surface area contributed by atoms with E-state index in [1.54, 1.807) is 6.07 Å². The quantitative estimate of drug-likeness (QED) is 0.277. The van der Waals surface area contributed by atoms with Crippen LogP contribution in [0.3, 0.4) is 0 Å². The van der Waals surface area contributed by atoms with E-state index in [0.717, 1.165) is 22.8 Å². The minimum Gasteiger partial charge on any atom is -0.348 e. The smallest absolute Gasteiger partial charge is 0.169 e. The van der Waals surface area contributed by atoms with Crippen molar-refractivity contribution >= 4 is 23.2 Å². The van der Waals surface area contributed by atoms with Gasteiger partial charge in [0.25, 0.3) is 0 Å². The fraction of sp³-hybridized carbons (Fsp3) is 0.0400. The van der Waals surface area contributed by atoms with Crippen LogP contribution in [0.2, 0.25) is 10.0 Å². The zero-order valence-corrected chi connectivity index (χ0v) is 18.1. The highest BCUT2D eigenvalue weighted by Gasteiger charge is 2.17. The van der Waals surface area contributed by atoms with E-state index in [0.29, 0.717) is 28.0 Å². The number of hydrogen-bond donors (Lipinski definition) is 0. The Labute approximate surface area is 193 Å². The predicted molar refractivity (Wildman–Crippen MR) is 123 cm³/mol. The van der Waals surface area contributed by atoms with Gasteiger partial charge in [0.2, 0.25) is 0 Å². The van der Waals surface area contributed by atoms with Crippen molar-refractivity contribution in [2.24, 2.45) is 0 Å². The average molecular weight is 466 g/mol. The Hall–Kier alpha value is -3.28. The number of benzene rings is 3. The molecular weight excluding hydrogens is 451 g/mol. The van der Waals surface area contributed by atoms with Crippen LogP contribution in [0.15, 0.2) is 79.1 Å². The lowest BCUT2D eigenvalue weighted by Crippen LogP contribution is -2.00. The molecule has 0 saturated carbocycles. The number of halogens is 4. The lowest BCUT2D eigenvalue weighted by Gasteiger charge is -2.09. The van der Waals surface area contributed by atoms with Gasteiger partial charge in [0, 0.05) is 18.9 Å². The van der Waals surface area contributed by atoms with Crippen LogP contribution < -0.4 is 0 Å². The van der Waals surface area contributed by atoms with Gasteiger partial charge in [-0.25, -0.2) is 18.7 Å². The second kappa shape index (κ2) is 8.34. The molecule has 0 bridgehead atoms. The molecule has 5 rings (SSSR count). The highest BCUT2D eigenvalue weighted by molar-refractivity contribution is 6.42. The van der Waals surface area contributed by atoms with Gasteiger partial charge >= 0.3 is 0 Å². The van der Waals surface area contributed by atoms with Crippen molar-refractivity contribution in [2.45, 2.75) is 6.54 Å². The SMILES string of the molecule is Fc1cccc(-c2nc3ccn(Cc4ccc(-c5ccc(Cl)c(Cl)c5)cc4)cc-3n2)c1F. The summed E-state index contributed by atoms with van der Waals surface area (Å²) in [6, 6.07) is 19.5. The average Bonchev–Trinajstić information content (AvgIpc) is 3.21. The van der Waals surface area contributed by atoms with E-state index >= 15 is 0 Å². The van der Waals surface area contributed by atoms with Gasteiger partial charge in [-0.3, -0.25) is 0 Å². The van der Waals surface area contributed by atoms with E-state index in [-0.39, 0.29) is 11.4 Å². The lowest BCUT2D eigenvalue weighted by molar-refractivity contribution is 0.510. The lowest BCUT2D eigenvalue weighted by atomic mass is 10.0. The van der Waals surface area contributed by atoms with E-state index in [2.05, 4.69) is 9.97 Å². The first-order valence-electron chi connectivity index (χ1n) is 9.80. The van der Waals surface area contributed by atoms with Gasteiger partial charge < -0.3 is 4.57 Å². The Morgan fingerprint density at radius 2 is 1.53 bits per heavy atom. The summed E-state index contributed by atoms with van der Waals surface area (Å²) in [5.41, 5.74) is 4.40. The number of imidazole rings is 1. The molecule has 0 unspecified atom stereocenters. The van der Waals surface area contributed by atoms with Crippen LogP contribution in [0.1, 0.15) is 5.56 Å². The number of nitrogens with zero attached hydrogens (tertiary/aromatic N) is 3. The van der Waals surface area contributed by atoms with Crippen molar-refractivity contribution in [1.29, 1.82) is 0 Å².